The fourth-order valence-electron chi connectivity index (χ4n) is 3.06. The smallest absolute Gasteiger partial charge is 0.260 e. The van der Waals surface area contributed by atoms with Crippen LogP contribution in [0.5, 0.6) is 5.75 Å². The van der Waals surface area contributed by atoms with Gasteiger partial charge in [-0.25, -0.2) is 0 Å². The molecular formula is C20H18Cl2N4O2S. The Morgan fingerprint density at radius 3 is 2.55 bits per heavy atom. The van der Waals surface area contributed by atoms with Crippen LogP contribution in [0, 0.1) is 0 Å². The Hall–Kier alpha value is -2.35. The predicted molar refractivity (Wildman–Crippen MR) is 116 cm³/mol. The van der Waals surface area contributed by atoms with E-state index in [2.05, 4.69) is 15.1 Å². The van der Waals surface area contributed by atoms with Gasteiger partial charge in [0.05, 0.1) is 9.90 Å². The number of rotatable bonds is 5. The quantitative estimate of drug-likeness (QED) is 0.583. The summed E-state index contributed by atoms with van der Waals surface area (Å²) >= 11 is 13.7. The van der Waals surface area contributed by atoms with Gasteiger partial charge in [-0.1, -0.05) is 35.3 Å². The van der Waals surface area contributed by atoms with Crippen LogP contribution in [0.2, 0.25) is 10.0 Å². The molecule has 150 valence electrons. The molecule has 2 aromatic heterocycles. The lowest BCUT2D eigenvalue weighted by Crippen LogP contribution is -2.50. The first-order chi connectivity index (χ1) is 14.1. The van der Waals surface area contributed by atoms with Gasteiger partial charge in [-0.2, -0.15) is 0 Å². The van der Waals surface area contributed by atoms with E-state index in [4.69, 9.17) is 27.9 Å². The fraction of sp³-hybridized carbons (Fsp3) is 0.250. The number of benzene rings is 1. The van der Waals surface area contributed by atoms with Crippen molar-refractivity contribution in [2.75, 3.05) is 37.7 Å². The Kier molecular flexibility index (Phi) is 6.18. The van der Waals surface area contributed by atoms with E-state index in [1.54, 1.807) is 34.4 Å². The van der Waals surface area contributed by atoms with Crippen LogP contribution in [0.25, 0.3) is 10.6 Å². The standard InChI is InChI=1S/C20H18Cl2N4O2S/c21-14-3-1-4-16(20(14)22)28-13-19(27)26-10-8-25(9-11-26)18-7-6-15(23-24-18)17-5-2-12-29-17/h1-7,12H,8-11,13H2. The number of piperazine rings is 1. The maximum Gasteiger partial charge on any atom is 0.260 e. The Morgan fingerprint density at radius 1 is 1.03 bits per heavy atom. The number of halogens is 2. The average molecular weight is 449 g/mol. The second-order valence-electron chi connectivity index (χ2n) is 6.46. The Bertz CT molecular complexity index is 975. The molecule has 0 aliphatic carbocycles. The van der Waals surface area contributed by atoms with Gasteiger partial charge in [0, 0.05) is 26.2 Å². The second-order valence-corrected chi connectivity index (χ2v) is 8.20. The minimum Gasteiger partial charge on any atom is -0.482 e. The first kappa shape index (κ1) is 19.9. The second kappa shape index (κ2) is 8.98. The van der Waals surface area contributed by atoms with E-state index in [9.17, 15) is 4.79 Å². The molecule has 3 heterocycles. The zero-order valence-corrected chi connectivity index (χ0v) is 17.8. The Morgan fingerprint density at radius 2 is 1.86 bits per heavy atom. The molecule has 0 atom stereocenters. The van der Waals surface area contributed by atoms with Crippen molar-refractivity contribution in [3.63, 3.8) is 0 Å². The van der Waals surface area contributed by atoms with Gasteiger partial charge in [0.15, 0.2) is 12.4 Å². The zero-order chi connectivity index (χ0) is 20.2. The third-order valence-electron chi connectivity index (χ3n) is 4.65. The molecule has 6 nitrogen and oxygen atoms in total. The number of thiophene rings is 1. The summed E-state index contributed by atoms with van der Waals surface area (Å²) in [4.78, 5) is 17.5. The van der Waals surface area contributed by atoms with Crippen molar-refractivity contribution in [1.82, 2.24) is 15.1 Å². The number of nitrogens with zero attached hydrogens (tertiary/aromatic N) is 4. The summed E-state index contributed by atoms with van der Waals surface area (Å²) in [6.07, 6.45) is 0. The van der Waals surface area contributed by atoms with Crippen molar-refractivity contribution in [2.24, 2.45) is 0 Å². The van der Waals surface area contributed by atoms with Crippen LogP contribution in [-0.2, 0) is 4.79 Å². The summed E-state index contributed by atoms with van der Waals surface area (Å²) in [6, 6.07) is 13.1. The molecule has 0 N–H and O–H groups in total. The Balaban J connectivity index is 1.29. The molecule has 0 saturated carbocycles. The van der Waals surface area contributed by atoms with Crippen LogP contribution in [0.1, 0.15) is 0 Å². The molecule has 4 rings (SSSR count). The lowest BCUT2D eigenvalue weighted by molar-refractivity contribution is -0.133. The molecule has 1 aliphatic heterocycles. The molecule has 1 aliphatic rings. The van der Waals surface area contributed by atoms with Crippen molar-refractivity contribution in [3.05, 3.63) is 57.9 Å². The number of carbonyl (C=O) groups excluding carboxylic acids is 1. The predicted octanol–water partition coefficient (Wildman–Crippen LogP) is 4.24. The van der Waals surface area contributed by atoms with Crippen molar-refractivity contribution in [2.45, 2.75) is 0 Å². The van der Waals surface area contributed by atoms with Gasteiger partial charge in [-0.15, -0.1) is 21.5 Å². The van der Waals surface area contributed by atoms with Gasteiger partial charge < -0.3 is 14.5 Å². The summed E-state index contributed by atoms with van der Waals surface area (Å²) in [5.74, 6) is 1.14. The van der Waals surface area contributed by atoms with Gasteiger partial charge in [0.2, 0.25) is 0 Å². The summed E-state index contributed by atoms with van der Waals surface area (Å²) in [5, 5.41) is 11.4. The molecule has 1 fully saturated rings. The summed E-state index contributed by atoms with van der Waals surface area (Å²) in [6.45, 7) is 2.50. The molecule has 0 unspecified atom stereocenters. The van der Waals surface area contributed by atoms with Crippen molar-refractivity contribution in [1.29, 1.82) is 0 Å². The van der Waals surface area contributed by atoms with Gasteiger partial charge in [-0.3, -0.25) is 4.79 Å². The summed E-state index contributed by atoms with van der Waals surface area (Å²) < 4.78 is 5.55. The van der Waals surface area contributed by atoms with E-state index < -0.39 is 0 Å². The normalized spacial score (nSPS) is 14.1. The number of anilines is 1. The Labute approximate surface area is 182 Å². The third-order valence-corrected chi connectivity index (χ3v) is 6.34. The van der Waals surface area contributed by atoms with Crippen LogP contribution < -0.4 is 9.64 Å². The van der Waals surface area contributed by atoms with E-state index >= 15 is 0 Å². The lowest BCUT2D eigenvalue weighted by Gasteiger charge is -2.35. The van der Waals surface area contributed by atoms with Gasteiger partial charge in [0.25, 0.3) is 5.91 Å². The van der Waals surface area contributed by atoms with E-state index in [-0.39, 0.29) is 12.5 Å². The van der Waals surface area contributed by atoms with Crippen LogP contribution in [0.15, 0.2) is 47.8 Å². The highest BCUT2D eigenvalue weighted by atomic mass is 35.5. The lowest BCUT2D eigenvalue weighted by atomic mass is 10.3. The largest absolute Gasteiger partial charge is 0.482 e. The number of aromatic nitrogens is 2. The van der Waals surface area contributed by atoms with Gasteiger partial charge in [-0.05, 0) is 35.7 Å². The van der Waals surface area contributed by atoms with Crippen LogP contribution in [0.3, 0.4) is 0 Å². The maximum absolute atomic E-state index is 12.5. The summed E-state index contributed by atoms with van der Waals surface area (Å²) in [5.41, 5.74) is 0.870. The first-order valence-corrected chi connectivity index (χ1v) is 10.7. The van der Waals surface area contributed by atoms with Gasteiger partial charge >= 0.3 is 0 Å². The molecule has 3 aromatic rings. The molecule has 1 amide bonds. The average Bonchev–Trinajstić information content (AvgIpc) is 3.30. The minimum absolute atomic E-state index is 0.0740. The van der Waals surface area contributed by atoms with E-state index in [1.807, 2.05) is 29.6 Å². The molecule has 0 bridgehead atoms. The topological polar surface area (TPSA) is 58.6 Å². The monoisotopic (exact) mass is 448 g/mol. The molecule has 1 aromatic carbocycles. The van der Waals surface area contributed by atoms with E-state index in [1.165, 1.54) is 0 Å². The third kappa shape index (κ3) is 4.63. The van der Waals surface area contributed by atoms with Crippen LogP contribution in [-0.4, -0.2) is 53.8 Å². The van der Waals surface area contributed by atoms with Crippen LogP contribution >= 0.6 is 34.5 Å². The van der Waals surface area contributed by atoms with Crippen molar-refractivity contribution in [3.8, 4) is 16.3 Å². The number of amides is 1. The number of ether oxygens (including phenoxy) is 1. The van der Waals surface area contributed by atoms with E-state index in [0.29, 0.717) is 42.0 Å². The number of carbonyl (C=O) groups is 1. The number of hydrogen-bond acceptors (Lipinski definition) is 6. The first-order valence-electron chi connectivity index (χ1n) is 9.09. The van der Waals surface area contributed by atoms with Crippen molar-refractivity contribution >= 4 is 46.3 Å². The summed E-state index contributed by atoms with van der Waals surface area (Å²) in [7, 11) is 0. The highest BCUT2D eigenvalue weighted by molar-refractivity contribution is 7.13. The SMILES string of the molecule is O=C(COc1cccc(Cl)c1Cl)N1CCN(c2ccc(-c3cccs3)nn2)CC1. The molecule has 0 radical (unpaired) electrons. The number of hydrogen-bond donors (Lipinski definition) is 0. The molecule has 1 saturated heterocycles. The highest BCUT2D eigenvalue weighted by Gasteiger charge is 2.23. The van der Waals surface area contributed by atoms with Crippen molar-refractivity contribution < 1.29 is 9.53 Å². The molecular weight excluding hydrogens is 431 g/mol. The fourth-order valence-corrected chi connectivity index (χ4v) is 4.10. The molecule has 29 heavy (non-hydrogen) atoms. The maximum atomic E-state index is 12.5. The van der Waals surface area contributed by atoms with E-state index in [0.717, 1.165) is 16.4 Å². The molecule has 0 spiro atoms. The highest BCUT2D eigenvalue weighted by Crippen LogP contribution is 2.31. The van der Waals surface area contributed by atoms with Gasteiger partial charge in [0.1, 0.15) is 16.5 Å². The minimum atomic E-state index is -0.0835. The molecule has 9 heteroatoms. The zero-order valence-electron chi connectivity index (χ0n) is 15.4. The van der Waals surface area contributed by atoms with Crippen LogP contribution in [0.4, 0.5) is 5.82 Å².